The SMILES string of the molecule is CCSc1ccccc1C(=O)Nc1ccc([N+](=O)[O-])cc1C. The number of nitrogens with zero attached hydrogens (tertiary/aromatic N) is 1. The first-order valence-electron chi connectivity index (χ1n) is 6.81. The van der Waals surface area contributed by atoms with Gasteiger partial charge in [-0.25, -0.2) is 0 Å². The van der Waals surface area contributed by atoms with E-state index in [1.54, 1.807) is 30.8 Å². The van der Waals surface area contributed by atoms with Crippen LogP contribution in [0.25, 0.3) is 0 Å². The summed E-state index contributed by atoms with van der Waals surface area (Å²) in [5.74, 6) is 0.661. The lowest BCUT2D eigenvalue weighted by Crippen LogP contribution is -2.13. The van der Waals surface area contributed by atoms with Crippen molar-refractivity contribution >= 4 is 29.0 Å². The molecule has 0 spiro atoms. The van der Waals surface area contributed by atoms with Gasteiger partial charge in [-0.2, -0.15) is 0 Å². The Bertz CT molecular complexity index is 716. The monoisotopic (exact) mass is 316 g/mol. The maximum Gasteiger partial charge on any atom is 0.269 e. The minimum absolute atomic E-state index is 0.0115. The highest BCUT2D eigenvalue weighted by molar-refractivity contribution is 7.99. The fourth-order valence-electron chi connectivity index (χ4n) is 2.03. The van der Waals surface area contributed by atoms with Crippen molar-refractivity contribution in [3.05, 3.63) is 63.7 Å². The van der Waals surface area contributed by atoms with Gasteiger partial charge in [0.15, 0.2) is 0 Å². The van der Waals surface area contributed by atoms with E-state index in [1.807, 2.05) is 25.1 Å². The van der Waals surface area contributed by atoms with Crippen LogP contribution in [0.4, 0.5) is 11.4 Å². The average Bonchev–Trinajstić information content (AvgIpc) is 2.50. The predicted octanol–water partition coefficient (Wildman–Crippen LogP) is 4.27. The lowest BCUT2D eigenvalue weighted by atomic mass is 10.1. The number of aryl methyl sites for hydroxylation is 1. The van der Waals surface area contributed by atoms with E-state index < -0.39 is 4.92 Å². The standard InChI is InChI=1S/C16H16N2O3S/c1-3-22-15-7-5-4-6-13(15)16(19)17-14-9-8-12(18(20)21)10-11(14)2/h4-10H,3H2,1-2H3,(H,17,19). The first kappa shape index (κ1) is 16.0. The molecule has 2 aromatic carbocycles. The molecule has 0 saturated carbocycles. The van der Waals surface area contributed by atoms with Crippen molar-refractivity contribution in [2.24, 2.45) is 0 Å². The lowest BCUT2D eigenvalue weighted by Gasteiger charge is -2.11. The van der Waals surface area contributed by atoms with Crippen molar-refractivity contribution in [3.63, 3.8) is 0 Å². The number of nitro groups is 1. The van der Waals surface area contributed by atoms with Crippen LogP contribution in [-0.4, -0.2) is 16.6 Å². The maximum absolute atomic E-state index is 12.4. The second-order valence-corrected chi connectivity index (χ2v) is 5.95. The van der Waals surface area contributed by atoms with Crippen LogP contribution in [0.15, 0.2) is 47.4 Å². The molecular weight excluding hydrogens is 300 g/mol. The minimum Gasteiger partial charge on any atom is -0.322 e. The van der Waals surface area contributed by atoms with Gasteiger partial charge in [-0.1, -0.05) is 19.1 Å². The number of anilines is 1. The van der Waals surface area contributed by atoms with Crippen LogP contribution in [0.5, 0.6) is 0 Å². The topological polar surface area (TPSA) is 72.2 Å². The smallest absolute Gasteiger partial charge is 0.269 e. The van der Waals surface area contributed by atoms with Crippen molar-refractivity contribution in [3.8, 4) is 0 Å². The molecule has 6 heteroatoms. The molecule has 0 aliphatic rings. The predicted molar refractivity (Wildman–Crippen MR) is 88.6 cm³/mol. The number of amides is 1. The summed E-state index contributed by atoms with van der Waals surface area (Å²) < 4.78 is 0. The number of rotatable bonds is 5. The first-order chi connectivity index (χ1) is 10.5. The molecule has 0 radical (unpaired) electrons. The van der Waals surface area contributed by atoms with E-state index in [0.717, 1.165) is 10.6 Å². The number of hydrogen-bond donors (Lipinski definition) is 1. The fourth-order valence-corrected chi connectivity index (χ4v) is 2.83. The Hall–Kier alpha value is -2.34. The van der Waals surface area contributed by atoms with E-state index in [0.29, 0.717) is 16.8 Å². The lowest BCUT2D eigenvalue weighted by molar-refractivity contribution is -0.384. The number of benzene rings is 2. The van der Waals surface area contributed by atoms with Gasteiger partial charge < -0.3 is 5.32 Å². The Kier molecular flexibility index (Phi) is 5.16. The summed E-state index contributed by atoms with van der Waals surface area (Å²) in [5.41, 5.74) is 1.85. The van der Waals surface area contributed by atoms with Gasteiger partial charge in [0.25, 0.3) is 11.6 Å². The molecule has 5 nitrogen and oxygen atoms in total. The van der Waals surface area contributed by atoms with Crippen LogP contribution in [0.1, 0.15) is 22.8 Å². The second-order valence-electron chi connectivity index (χ2n) is 4.64. The van der Waals surface area contributed by atoms with E-state index in [-0.39, 0.29) is 11.6 Å². The van der Waals surface area contributed by atoms with Gasteiger partial charge >= 0.3 is 0 Å². The van der Waals surface area contributed by atoms with Crippen LogP contribution in [0.3, 0.4) is 0 Å². The zero-order valence-electron chi connectivity index (χ0n) is 12.3. The molecule has 0 atom stereocenters. The summed E-state index contributed by atoms with van der Waals surface area (Å²) in [6.07, 6.45) is 0. The largest absolute Gasteiger partial charge is 0.322 e. The third-order valence-corrected chi connectivity index (χ3v) is 4.06. The van der Waals surface area contributed by atoms with Crippen LogP contribution in [-0.2, 0) is 0 Å². The molecule has 2 rings (SSSR count). The molecule has 0 aromatic heterocycles. The highest BCUT2D eigenvalue weighted by Gasteiger charge is 2.14. The molecule has 0 aliphatic heterocycles. The number of nitro benzene ring substituents is 1. The molecule has 114 valence electrons. The van der Waals surface area contributed by atoms with Crippen LogP contribution >= 0.6 is 11.8 Å². The van der Waals surface area contributed by atoms with E-state index in [4.69, 9.17) is 0 Å². The Labute approximate surface area is 132 Å². The van der Waals surface area contributed by atoms with Crippen molar-refractivity contribution < 1.29 is 9.72 Å². The maximum atomic E-state index is 12.4. The number of carbonyl (C=O) groups excluding carboxylic acids is 1. The van der Waals surface area contributed by atoms with Crippen molar-refractivity contribution in [2.75, 3.05) is 11.1 Å². The van der Waals surface area contributed by atoms with Gasteiger partial charge in [-0.3, -0.25) is 14.9 Å². The van der Waals surface area contributed by atoms with Gasteiger partial charge in [-0.15, -0.1) is 11.8 Å². The fraction of sp³-hybridized carbons (Fsp3) is 0.188. The van der Waals surface area contributed by atoms with Crippen molar-refractivity contribution in [2.45, 2.75) is 18.7 Å². The third kappa shape index (κ3) is 3.65. The molecule has 0 saturated heterocycles. The zero-order chi connectivity index (χ0) is 16.1. The highest BCUT2D eigenvalue weighted by Crippen LogP contribution is 2.25. The summed E-state index contributed by atoms with van der Waals surface area (Å²) >= 11 is 1.60. The summed E-state index contributed by atoms with van der Waals surface area (Å²) in [5, 5.41) is 13.6. The van der Waals surface area contributed by atoms with Gasteiger partial charge in [-0.05, 0) is 36.4 Å². The van der Waals surface area contributed by atoms with Gasteiger partial charge in [0.1, 0.15) is 0 Å². The molecule has 2 aromatic rings. The zero-order valence-corrected chi connectivity index (χ0v) is 13.1. The van der Waals surface area contributed by atoms with Gasteiger partial charge in [0.2, 0.25) is 0 Å². The minimum atomic E-state index is -0.453. The Morgan fingerprint density at radius 2 is 2.00 bits per heavy atom. The number of non-ortho nitro benzene ring substituents is 1. The Morgan fingerprint density at radius 1 is 1.27 bits per heavy atom. The molecule has 1 N–H and O–H groups in total. The summed E-state index contributed by atoms with van der Waals surface area (Å²) in [6, 6.07) is 11.8. The van der Waals surface area contributed by atoms with Gasteiger partial charge in [0.05, 0.1) is 10.5 Å². The molecule has 22 heavy (non-hydrogen) atoms. The molecule has 0 bridgehead atoms. The highest BCUT2D eigenvalue weighted by atomic mass is 32.2. The molecule has 1 amide bonds. The number of carbonyl (C=O) groups is 1. The van der Waals surface area contributed by atoms with Crippen LogP contribution < -0.4 is 5.32 Å². The summed E-state index contributed by atoms with van der Waals surface area (Å²) in [7, 11) is 0. The number of thioether (sulfide) groups is 1. The van der Waals surface area contributed by atoms with E-state index >= 15 is 0 Å². The summed E-state index contributed by atoms with van der Waals surface area (Å²) in [6.45, 7) is 3.76. The molecular formula is C16H16N2O3S. The molecule has 0 fully saturated rings. The van der Waals surface area contributed by atoms with E-state index in [2.05, 4.69) is 5.32 Å². The van der Waals surface area contributed by atoms with Crippen LogP contribution in [0.2, 0.25) is 0 Å². The van der Waals surface area contributed by atoms with Crippen molar-refractivity contribution in [1.29, 1.82) is 0 Å². The van der Waals surface area contributed by atoms with Gasteiger partial charge in [0, 0.05) is 22.7 Å². The normalized spacial score (nSPS) is 10.3. The third-order valence-electron chi connectivity index (χ3n) is 3.10. The Morgan fingerprint density at radius 3 is 2.64 bits per heavy atom. The van der Waals surface area contributed by atoms with Crippen molar-refractivity contribution in [1.82, 2.24) is 0 Å². The molecule has 0 unspecified atom stereocenters. The van der Waals surface area contributed by atoms with E-state index in [1.165, 1.54) is 12.1 Å². The number of nitrogens with one attached hydrogen (secondary N) is 1. The average molecular weight is 316 g/mol. The summed E-state index contributed by atoms with van der Waals surface area (Å²) in [4.78, 5) is 23.6. The molecule has 0 heterocycles. The van der Waals surface area contributed by atoms with Crippen LogP contribution in [0, 0.1) is 17.0 Å². The Balaban J connectivity index is 2.24. The second kappa shape index (κ2) is 7.09. The quantitative estimate of drug-likeness (QED) is 0.508. The number of hydrogen-bond acceptors (Lipinski definition) is 4. The molecule has 0 aliphatic carbocycles. The first-order valence-corrected chi connectivity index (χ1v) is 7.79. The van der Waals surface area contributed by atoms with E-state index in [9.17, 15) is 14.9 Å².